The van der Waals surface area contributed by atoms with Crippen molar-refractivity contribution in [3.05, 3.63) is 50.0 Å². The molecule has 3 aromatic rings. The van der Waals surface area contributed by atoms with Crippen molar-refractivity contribution in [2.24, 2.45) is 0 Å². The summed E-state index contributed by atoms with van der Waals surface area (Å²) in [5.74, 6) is -0.411. The molecule has 2 atom stereocenters. The van der Waals surface area contributed by atoms with Gasteiger partial charge in [-0.3, -0.25) is 4.79 Å². The van der Waals surface area contributed by atoms with Crippen LogP contribution in [-0.2, 0) is 9.47 Å². The first-order valence-electron chi connectivity index (χ1n) is 9.34. The van der Waals surface area contributed by atoms with E-state index in [2.05, 4.69) is 26.1 Å². The molecule has 2 aliphatic rings. The van der Waals surface area contributed by atoms with E-state index in [1.807, 2.05) is 11.5 Å². The van der Waals surface area contributed by atoms with Crippen LogP contribution >= 0.6 is 15.9 Å². The number of halogens is 2. The highest BCUT2D eigenvalue weighted by Gasteiger charge is 2.34. The molecule has 2 unspecified atom stereocenters. The fraction of sp³-hybridized carbons (Fsp3) is 0.421. The molecule has 2 aromatic heterocycles. The van der Waals surface area contributed by atoms with Gasteiger partial charge in [-0.1, -0.05) is 6.92 Å². The van der Waals surface area contributed by atoms with E-state index in [4.69, 9.17) is 9.47 Å². The maximum Gasteiger partial charge on any atom is 0.225 e. The molecular weight excluding hydrogens is 447 g/mol. The van der Waals surface area contributed by atoms with E-state index >= 15 is 0 Å². The number of pyridine rings is 1. The van der Waals surface area contributed by atoms with Crippen LogP contribution < -0.4 is 5.43 Å². The first-order chi connectivity index (χ1) is 14.0. The molecule has 152 valence electrons. The number of rotatable bonds is 3. The van der Waals surface area contributed by atoms with E-state index in [-0.39, 0.29) is 29.5 Å². The first kappa shape index (κ1) is 18.9. The zero-order chi connectivity index (χ0) is 20.3. The van der Waals surface area contributed by atoms with Gasteiger partial charge in [0.1, 0.15) is 5.82 Å². The third-order valence-electron chi connectivity index (χ3n) is 5.48. The average Bonchev–Trinajstić information content (AvgIpc) is 3.44. The van der Waals surface area contributed by atoms with Crippen LogP contribution in [-0.4, -0.2) is 44.5 Å². The Morgan fingerprint density at radius 1 is 1.31 bits per heavy atom. The number of aliphatic hydroxyl groups is 1. The molecule has 1 fully saturated rings. The summed E-state index contributed by atoms with van der Waals surface area (Å²) < 4.78 is 27.6. The molecule has 0 saturated carbocycles. The second kappa shape index (κ2) is 6.98. The van der Waals surface area contributed by atoms with Gasteiger partial charge in [0.2, 0.25) is 5.43 Å². The molecule has 29 heavy (non-hydrogen) atoms. The molecule has 0 radical (unpaired) electrons. The lowest BCUT2D eigenvalue weighted by atomic mass is 10.0. The van der Waals surface area contributed by atoms with E-state index in [1.165, 1.54) is 10.9 Å². The zero-order valence-corrected chi connectivity index (χ0v) is 17.1. The summed E-state index contributed by atoms with van der Waals surface area (Å²) in [6.45, 7) is 2.78. The van der Waals surface area contributed by atoms with E-state index in [1.54, 1.807) is 12.1 Å². The molecule has 10 heteroatoms. The Morgan fingerprint density at radius 2 is 2.07 bits per heavy atom. The van der Waals surface area contributed by atoms with Crippen molar-refractivity contribution in [3.8, 4) is 5.69 Å². The predicted molar refractivity (Wildman–Crippen MR) is 105 cm³/mol. The van der Waals surface area contributed by atoms with Gasteiger partial charge in [-0.25, -0.2) is 4.39 Å². The summed E-state index contributed by atoms with van der Waals surface area (Å²) >= 11 is 3.39. The monoisotopic (exact) mass is 464 g/mol. The maximum atomic E-state index is 14.6. The summed E-state index contributed by atoms with van der Waals surface area (Å²) in [7, 11) is 0. The number of hydrogen-bond acceptors (Lipinski definition) is 6. The van der Waals surface area contributed by atoms with Gasteiger partial charge in [-0.05, 0) is 40.4 Å². The van der Waals surface area contributed by atoms with Gasteiger partial charge in [0, 0.05) is 17.3 Å². The predicted octanol–water partition coefficient (Wildman–Crippen LogP) is 2.57. The van der Waals surface area contributed by atoms with Crippen LogP contribution in [0.25, 0.3) is 16.9 Å². The minimum Gasteiger partial charge on any atom is -0.394 e. The number of fused-ring (bicyclic) bond motifs is 3. The average molecular weight is 465 g/mol. The molecule has 0 amide bonds. The molecule has 5 rings (SSSR count). The van der Waals surface area contributed by atoms with Crippen molar-refractivity contribution >= 4 is 27.1 Å². The highest BCUT2D eigenvalue weighted by molar-refractivity contribution is 9.10. The third-order valence-corrected chi connectivity index (χ3v) is 6.25. The minimum atomic E-state index is -0.719. The van der Waals surface area contributed by atoms with Crippen molar-refractivity contribution in [2.75, 3.05) is 19.8 Å². The van der Waals surface area contributed by atoms with Crippen molar-refractivity contribution < 1.29 is 19.0 Å². The van der Waals surface area contributed by atoms with Crippen LogP contribution in [0.15, 0.2) is 27.5 Å². The number of ether oxygens (including phenoxy) is 2. The van der Waals surface area contributed by atoms with Crippen molar-refractivity contribution in [1.82, 2.24) is 19.6 Å². The SMILES string of the molecule is CC1CC(CO)n2c1c(Br)c(=O)c1nn(-c3ccc(C4OCCO4)c(F)c3)nc12. The molecule has 2 aliphatic heterocycles. The lowest BCUT2D eigenvalue weighted by Gasteiger charge is -2.13. The standard InChI is InChI=1S/C19H18BrFN4O4/c1-9-6-11(8-26)24-16(9)14(20)17(27)15-18(24)23-25(22-15)10-2-3-12(13(21)7-10)19-28-4-5-29-19/h2-3,7,9,11,19,26H,4-6,8H2,1H3. The molecular formula is C19H18BrFN4O4. The molecule has 1 saturated heterocycles. The molecule has 1 N–H and O–H groups in total. The van der Waals surface area contributed by atoms with E-state index in [0.29, 0.717) is 41.0 Å². The van der Waals surface area contributed by atoms with Gasteiger partial charge < -0.3 is 19.1 Å². The lowest BCUT2D eigenvalue weighted by molar-refractivity contribution is -0.0464. The molecule has 8 nitrogen and oxygen atoms in total. The van der Waals surface area contributed by atoms with Crippen LogP contribution in [0.3, 0.4) is 0 Å². The highest BCUT2D eigenvalue weighted by atomic mass is 79.9. The van der Waals surface area contributed by atoms with Crippen LogP contribution in [0.1, 0.15) is 42.9 Å². The fourth-order valence-corrected chi connectivity index (χ4v) is 4.91. The zero-order valence-electron chi connectivity index (χ0n) is 15.5. The smallest absolute Gasteiger partial charge is 0.225 e. The summed E-state index contributed by atoms with van der Waals surface area (Å²) in [6.07, 6.45) is -0.0193. The van der Waals surface area contributed by atoms with Crippen LogP contribution in [0.2, 0.25) is 0 Å². The minimum absolute atomic E-state index is 0.0701. The Labute approximate surface area is 173 Å². The van der Waals surface area contributed by atoms with Crippen LogP contribution in [0, 0.1) is 5.82 Å². The fourth-order valence-electron chi connectivity index (χ4n) is 4.14. The first-order valence-corrected chi connectivity index (χ1v) is 10.1. The second-order valence-electron chi connectivity index (χ2n) is 7.31. The summed E-state index contributed by atoms with van der Waals surface area (Å²) in [4.78, 5) is 14.1. The topological polar surface area (TPSA) is 91.4 Å². The van der Waals surface area contributed by atoms with Gasteiger partial charge in [-0.2, -0.15) is 0 Å². The van der Waals surface area contributed by atoms with E-state index in [9.17, 15) is 14.3 Å². The molecule has 1 aromatic carbocycles. The third kappa shape index (κ3) is 2.85. The number of nitrogens with zero attached hydrogens (tertiary/aromatic N) is 4. The molecule has 0 aliphatic carbocycles. The van der Waals surface area contributed by atoms with Crippen molar-refractivity contribution in [2.45, 2.75) is 31.6 Å². The Kier molecular flexibility index (Phi) is 4.54. The number of benzene rings is 1. The maximum absolute atomic E-state index is 14.6. The van der Waals surface area contributed by atoms with E-state index in [0.717, 1.165) is 5.69 Å². The van der Waals surface area contributed by atoms with Gasteiger partial charge >= 0.3 is 0 Å². The highest BCUT2D eigenvalue weighted by Crippen LogP contribution is 2.40. The normalized spacial score (nSPS) is 21.9. The van der Waals surface area contributed by atoms with Gasteiger partial charge in [-0.15, -0.1) is 15.0 Å². The van der Waals surface area contributed by atoms with Crippen LogP contribution in [0.5, 0.6) is 0 Å². The largest absolute Gasteiger partial charge is 0.394 e. The van der Waals surface area contributed by atoms with Crippen molar-refractivity contribution in [3.63, 3.8) is 0 Å². The Morgan fingerprint density at radius 3 is 2.76 bits per heavy atom. The van der Waals surface area contributed by atoms with Gasteiger partial charge in [0.05, 0.1) is 36.0 Å². The number of aliphatic hydroxyl groups excluding tert-OH is 1. The number of aromatic nitrogens is 4. The Balaban J connectivity index is 1.65. The molecule has 0 spiro atoms. The van der Waals surface area contributed by atoms with Crippen molar-refractivity contribution in [1.29, 1.82) is 0 Å². The number of hydrogen-bond donors (Lipinski definition) is 1. The second-order valence-corrected chi connectivity index (χ2v) is 8.11. The Hall–Kier alpha value is -2.14. The van der Waals surface area contributed by atoms with Crippen LogP contribution in [0.4, 0.5) is 4.39 Å². The molecule has 0 bridgehead atoms. The van der Waals surface area contributed by atoms with E-state index < -0.39 is 12.1 Å². The Bertz CT molecular complexity index is 1170. The summed E-state index contributed by atoms with van der Waals surface area (Å²) in [6, 6.07) is 4.31. The quantitative estimate of drug-likeness (QED) is 0.640. The lowest BCUT2D eigenvalue weighted by Crippen LogP contribution is -2.16. The summed E-state index contributed by atoms with van der Waals surface area (Å²) in [5.41, 5.74) is 1.75. The van der Waals surface area contributed by atoms with Gasteiger partial charge in [0.25, 0.3) is 0 Å². The van der Waals surface area contributed by atoms with Gasteiger partial charge in [0.15, 0.2) is 17.5 Å². The summed E-state index contributed by atoms with van der Waals surface area (Å²) in [5, 5.41) is 18.6. The molecule has 4 heterocycles.